The van der Waals surface area contributed by atoms with Crippen molar-refractivity contribution in [1.29, 1.82) is 0 Å². The van der Waals surface area contributed by atoms with Crippen molar-refractivity contribution in [3.05, 3.63) is 35.0 Å². The molecule has 1 amide bonds. The molecule has 2 aromatic heterocycles. The van der Waals surface area contributed by atoms with Crippen LogP contribution in [0.25, 0.3) is 16.6 Å². The van der Waals surface area contributed by atoms with Gasteiger partial charge in [-0.15, -0.1) is 0 Å². The summed E-state index contributed by atoms with van der Waals surface area (Å²) in [4.78, 5) is 21.6. The van der Waals surface area contributed by atoms with Crippen LogP contribution in [0, 0.1) is 6.92 Å². The predicted octanol–water partition coefficient (Wildman–Crippen LogP) is 2.88. The lowest BCUT2D eigenvalue weighted by Crippen LogP contribution is -2.41. The number of nitrogens with zero attached hydrogens (tertiary/aromatic N) is 5. The van der Waals surface area contributed by atoms with E-state index in [4.69, 9.17) is 16.6 Å². The Hall–Kier alpha value is -2.38. The number of carbonyl (C=O) groups is 1. The van der Waals surface area contributed by atoms with E-state index in [2.05, 4.69) is 32.3 Å². The lowest BCUT2D eigenvalue weighted by Gasteiger charge is -2.24. The van der Waals surface area contributed by atoms with E-state index >= 15 is 0 Å². The molecule has 3 heterocycles. The normalized spacial score (nSPS) is 16.0. The van der Waals surface area contributed by atoms with Crippen molar-refractivity contribution in [2.45, 2.75) is 33.2 Å². The van der Waals surface area contributed by atoms with Gasteiger partial charge >= 0.3 is 0 Å². The van der Waals surface area contributed by atoms with Gasteiger partial charge in [-0.1, -0.05) is 23.7 Å². The number of anilines is 1. The van der Waals surface area contributed by atoms with Gasteiger partial charge in [-0.2, -0.15) is 5.10 Å². The second kappa shape index (κ2) is 8.16. The van der Waals surface area contributed by atoms with E-state index in [-0.39, 0.29) is 11.9 Å². The fraction of sp³-hybridized carbons (Fsp3) is 0.476. The Morgan fingerprint density at radius 2 is 2.00 bits per heavy atom. The Labute approximate surface area is 175 Å². The third kappa shape index (κ3) is 4.02. The molecular weight excluding hydrogens is 388 g/mol. The fourth-order valence-electron chi connectivity index (χ4n) is 3.92. The Balaban J connectivity index is 1.62. The van der Waals surface area contributed by atoms with Gasteiger partial charge < -0.3 is 10.2 Å². The largest absolute Gasteiger partial charge is 0.355 e. The van der Waals surface area contributed by atoms with Gasteiger partial charge in [0.2, 0.25) is 5.91 Å². The lowest BCUT2D eigenvalue weighted by atomic mass is 10.2. The number of amides is 1. The first kappa shape index (κ1) is 19.9. The molecule has 0 bridgehead atoms. The third-order valence-electron chi connectivity index (χ3n) is 5.25. The van der Waals surface area contributed by atoms with Gasteiger partial charge in [0.15, 0.2) is 5.65 Å². The predicted molar refractivity (Wildman–Crippen MR) is 117 cm³/mol. The van der Waals surface area contributed by atoms with Crippen LogP contribution in [-0.2, 0) is 4.79 Å². The summed E-state index contributed by atoms with van der Waals surface area (Å²) < 4.78 is 1.83. The third-order valence-corrected chi connectivity index (χ3v) is 5.70. The molecule has 0 aliphatic carbocycles. The van der Waals surface area contributed by atoms with Crippen molar-refractivity contribution in [2.75, 3.05) is 37.6 Å². The molecule has 0 spiro atoms. The number of hydrogen-bond acceptors (Lipinski definition) is 5. The molecule has 8 heteroatoms. The molecule has 4 rings (SSSR count). The summed E-state index contributed by atoms with van der Waals surface area (Å²) >= 11 is 6.49. The second-order valence-electron chi connectivity index (χ2n) is 7.93. The van der Waals surface area contributed by atoms with Crippen molar-refractivity contribution in [1.82, 2.24) is 24.8 Å². The van der Waals surface area contributed by atoms with Gasteiger partial charge in [0.25, 0.3) is 0 Å². The van der Waals surface area contributed by atoms with Crippen LogP contribution in [-0.4, -0.2) is 64.2 Å². The molecule has 0 radical (unpaired) electrons. The van der Waals surface area contributed by atoms with E-state index < -0.39 is 0 Å². The van der Waals surface area contributed by atoms with Crippen molar-refractivity contribution < 1.29 is 4.79 Å². The highest BCUT2D eigenvalue weighted by molar-refractivity contribution is 6.34. The summed E-state index contributed by atoms with van der Waals surface area (Å²) in [6, 6.07) is 8.33. The van der Waals surface area contributed by atoms with Crippen molar-refractivity contribution >= 4 is 39.9 Å². The number of fused-ring (bicyclic) bond motifs is 3. The lowest BCUT2D eigenvalue weighted by molar-refractivity contribution is -0.122. The number of aryl methyl sites for hydroxylation is 1. The molecule has 1 aromatic carbocycles. The van der Waals surface area contributed by atoms with E-state index in [9.17, 15) is 4.79 Å². The molecule has 7 nitrogen and oxygen atoms in total. The Morgan fingerprint density at radius 3 is 2.79 bits per heavy atom. The molecule has 154 valence electrons. The highest BCUT2D eigenvalue weighted by Crippen LogP contribution is 2.30. The smallest absolute Gasteiger partial charge is 0.234 e. The number of carbonyl (C=O) groups excluding carboxylic acids is 1. The highest BCUT2D eigenvalue weighted by Gasteiger charge is 2.22. The average molecular weight is 415 g/mol. The maximum Gasteiger partial charge on any atom is 0.234 e. The first-order valence-electron chi connectivity index (χ1n) is 10.1. The van der Waals surface area contributed by atoms with Crippen LogP contribution >= 0.6 is 11.6 Å². The standard InChI is InChI=1S/C21H27ClN6O/c1-14(2)23-18(29)13-26-9-6-10-27(12-11-26)20-16-7-4-5-8-17(16)28-21(24-20)19(22)15(3)25-28/h4-5,7-8,14H,6,9-13H2,1-3H3,(H,23,29). The van der Waals surface area contributed by atoms with E-state index in [1.807, 2.05) is 37.4 Å². The van der Waals surface area contributed by atoms with Crippen molar-refractivity contribution in [3.8, 4) is 0 Å². The van der Waals surface area contributed by atoms with Crippen LogP contribution in [0.1, 0.15) is 26.0 Å². The van der Waals surface area contributed by atoms with Gasteiger partial charge in [0.1, 0.15) is 10.8 Å². The van der Waals surface area contributed by atoms with E-state index in [1.54, 1.807) is 0 Å². The summed E-state index contributed by atoms with van der Waals surface area (Å²) in [5, 5.41) is 9.20. The number of nitrogens with one attached hydrogen (secondary N) is 1. The maximum absolute atomic E-state index is 12.1. The summed E-state index contributed by atoms with van der Waals surface area (Å²) in [7, 11) is 0. The first-order chi connectivity index (χ1) is 13.9. The molecule has 1 saturated heterocycles. The minimum Gasteiger partial charge on any atom is -0.355 e. The molecule has 1 aliphatic heterocycles. The molecule has 0 atom stereocenters. The zero-order valence-electron chi connectivity index (χ0n) is 17.2. The number of halogens is 1. The Bertz CT molecular complexity index is 1050. The summed E-state index contributed by atoms with van der Waals surface area (Å²) in [5.74, 6) is 1.02. The molecule has 0 saturated carbocycles. The van der Waals surface area contributed by atoms with Crippen LogP contribution < -0.4 is 10.2 Å². The quantitative estimate of drug-likeness (QED) is 0.711. The zero-order valence-corrected chi connectivity index (χ0v) is 17.9. The second-order valence-corrected chi connectivity index (χ2v) is 8.30. The topological polar surface area (TPSA) is 65.8 Å². The highest BCUT2D eigenvalue weighted by atomic mass is 35.5. The minimum absolute atomic E-state index is 0.0833. The van der Waals surface area contributed by atoms with Crippen LogP contribution in [0.4, 0.5) is 5.82 Å². The molecule has 1 N–H and O–H groups in total. The van der Waals surface area contributed by atoms with Gasteiger partial charge in [0.05, 0.1) is 17.8 Å². The maximum atomic E-state index is 12.1. The molecule has 1 fully saturated rings. The summed E-state index contributed by atoms with van der Waals surface area (Å²) in [6.07, 6.45) is 0.974. The van der Waals surface area contributed by atoms with E-state index in [0.29, 0.717) is 17.2 Å². The summed E-state index contributed by atoms with van der Waals surface area (Å²) in [5.41, 5.74) is 2.47. The zero-order chi connectivity index (χ0) is 20.5. The van der Waals surface area contributed by atoms with E-state index in [0.717, 1.165) is 55.0 Å². The average Bonchev–Trinajstić information content (AvgIpc) is 2.83. The molecule has 0 unspecified atom stereocenters. The Morgan fingerprint density at radius 1 is 1.21 bits per heavy atom. The number of rotatable bonds is 4. The van der Waals surface area contributed by atoms with Crippen LogP contribution in [0.5, 0.6) is 0 Å². The van der Waals surface area contributed by atoms with Gasteiger partial charge in [0, 0.05) is 37.6 Å². The molecule has 1 aliphatic rings. The van der Waals surface area contributed by atoms with Gasteiger partial charge in [-0.3, -0.25) is 9.69 Å². The van der Waals surface area contributed by atoms with Gasteiger partial charge in [-0.25, -0.2) is 9.50 Å². The van der Waals surface area contributed by atoms with Crippen molar-refractivity contribution in [3.63, 3.8) is 0 Å². The van der Waals surface area contributed by atoms with Crippen LogP contribution in [0.3, 0.4) is 0 Å². The number of hydrogen-bond donors (Lipinski definition) is 1. The SMILES string of the molecule is Cc1nn2c(nc(N3CCCN(CC(=O)NC(C)C)CC3)c3ccccc32)c1Cl. The van der Waals surface area contributed by atoms with Crippen LogP contribution in [0.15, 0.2) is 24.3 Å². The molecular formula is C21H27ClN6O. The van der Waals surface area contributed by atoms with Crippen molar-refractivity contribution in [2.24, 2.45) is 0 Å². The number of aromatic nitrogens is 3. The Kier molecular flexibility index (Phi) is 5.61. The fourth-order valence-corrected chi connectivity index (χ4v) is 4.08. The number of benzene rings is 1. The summed E-state index contributed by atoms with van der Waals surface area (Å²) in [6.45, 7) is 9.72. The molecule has 3 aromatic rings. The van der Waals surface area contributed by atoms with Gasteiger partial charge in [-0.05, 0) is 39.3 Å². The van der Waals surface area contributed by atoms with Crippen LogP contribution in [0.2, 0.25) is 5.02 Å². The molecule has 29 heavy (non-hydrogen) atoms. The first-order valence-corrected chi connectivity index (χ1v) is 10.5. The van der Waals surface area contributed by atoms with E-state index in [1.165, 1.54) is 0 Å². The monoisotopic (exact) mass is 414 g/mol. The number of para-hydroxylation sites is 1. The minimum atomic E-state index is 0.0833.